The van der Waals surface area contributed by atoms with Crippen LogP contribution in [0.25, 0.3) is 0 Å². The van der Waals surface area contributed by atoms with E-state index in [1.54, 1.807) is 0 Å². The van der Waals surface area contributed by atoms with E-state index in [1.807, 2.05) is 20.9 Å². The number of ketones is 1. The number of hydrogen-bond acceptors (Lipinski definition) is 3. The van der Waals surface area contributed by atoms with Gasteiger partial charge in [0.15, 0.2) is 5.78 Å². The minimum absolute atomic E-state index is 0.0616. The van der Waals surface area contributed by atoms with Gasteiger partial charge >= 0.3 is 0 Å². The lowest BCUT2D eigenvalue weighted by atomic mass is 10.1. The van der Waals surface area contributed by atoms with Crippen molar-refractivity contribution in [2.24, 2.45) is 5.92 Å². The highest BCUT2D eigenvalue weighted by Gasteiger charge is 2.10. The highest BCUT2D eigenvalue weighted by molar-refractivity contribution is 5.82. The highest BCUT2D eigenvalue weighted by atomic mass is 16.5. The van der Waals surface area contributed by atoms with Gasteiger partial charge in [0.1, 0.15) is 6.61 Å². The van der Waals surface area contributed by atoms with Crippen LogP contribution in [0.15, 0.2) is 0 Å². The van der Waals surface area contributed by atoms with Crippen LogP contribution in [0.4, 0.5) is 0 Å². The van der Waals surface area contributed by atoms with Crippen molar-refractivity contribution in [3.05, 3.63) is 0 Å². The molecule has 0 aliphatic carbocycles. The zero-order valence-corrected chi connectivity index (χ0v) is 7.52. The number of carbonyl (C=O) groups excluding carboxylic acids is 1. The molecule has 0 aromatic heterocycles. The molecule has 0 radical (unpaired) electrons. The van der Waals surface area contributed by atoms with Gasteiger partial charge in [-0.15, -0.1) is 0 Å². The molecule has 0 aromatic carbocycles. The lowest BCUT2D eigenvalue weighted by molar-refractivity contribution is -0.126. The topological polar surface area (TPSA) is 38.3 Å². The molecular weight excluding hydrogens is 142 g/mol. The lowest BCUT2D eigenvalue weighted by Crippen LogP contribution is -2.26. The number of Topliss-reactive ketones (excluding diaryl/α,β-unsaturated/α-hetero) is 1. The second kappa shape index (κ2) is 6.31. The van der Waals surface area contributed by atoms with Crippen LogP contribution in [0.2, 0.25) is 0 Å². The van der Waals surface area contributed by atoms with Gasteiger partial charge in [0.05, 0.1) is 0 Å². The fraction of sp³-hybridized carbons (Fsp3) is 0.875. The van der Waals surface area contributed by atoms with Crippen molar-refractivity contribution in [3.63, 3.8) is 0 Å². The summed E-state index contributed by atoms with van der Waals surface area (Å²) in [4.78, 5) is 11.1. The molecule has 1 unspecified atom stereocenters. The largest absolute Gasteiger partial charge is 0.374 e. The number of hydrogen-bond donors (Lipinski definition) is 1. The SMILES string of the molecule is CCOCC(=O)C(C)CNC. The Morgan fingerprint density at radius 1 is 1.64 bits per heavy atom. The molecular formula is C8H17NO2. The van der Waals surface area contributed by atoms with E-state index < -0.39 is 0 Å². The summed E-state index contributed by atoms with van der Waals surface area (Å²) < 4.78 is 4.99. The minimum Gasteiger partial charge on any atom is -0.374 e. The smallest absolute Gasteiger partial charge is 0.162 e. The maximum atomic E-state index is 11.1. The maximum absolute atomic E-state index is 11.1. The summed E-state index contributed by atoms with van der Waals surface area (Å²) in [5.41, 5.74) is 0. The summed E-state index contributed by atoms with van der Waals surface area (Å²) in [5.74, 6) is 0.229. The van der Waals surface area contributed by atoms with Gasteiger partial charge in [0, 0.05) is 19.1 Å². The Balaban J connectivity index is 3.47. The second-order valence-corrected chi connectivity index (χ2v) is 2.56. The summed E-state index contributed by atoms with van der Waals surface area (Å²) in [7, 11) is 1.84. The van der Waals surface area contributed by atoms with Gasteiger partial charge in [-0.3, -0.25) is 4.79 Å². The Kier molecular flexibility index (Phi) is 6.07. The Labute approximate surface area is 68.1 Å². The third-order valence-corrected chi connectivity index (χ3v) is 1.51. The van der Waals surface area contributed by atoms with Crippen LogP contribution in [0, 0.1) is 5.92 Å². The van der Waals surface area contributed by atoms with Crippen LogP contribution in [0.1, 0.15) is 13.8 Å². The Morgan fingerprint density at radius 2 is 2.27 bits per heavy atom. The maximum Gasteiger partial charge on any atom is 0.162 e. The summed E-state index contributed by atoms with van der Waals surface area (Å²) in [5, 5.41) is 2.95. The molecule has 0 aliphatic heterocycles. The van der Waals surface area contributed by atoms with Crippen molar-refractivity contribution < 1.29 is 9.53 Å². The standard InChI is InChI=1S/C8H17NO2/c1-4-11-6-8(10)7(2)5-9-3/h7,9H,4-6H2,1-3H3. The van der Waals surface area contributed by atoms with E-state index in [4.69, 9.17) is 4.74 Å². The third kappa shape index (κ3) is 4.93. The monoisotopic (exact) mass is 159 g/mol. The first-order chi connectivity index (χ1) is 5.22. The molecule has 11 heavy (non-hydrogen) atoms. The predicted molar refractivity (Wildman–Crippen MR) is 44.6 cm³/mol. The van der Waals surface area contributed by atoms with Gasteiger partial charge in [0.25, 0.3) is 0 Å². The molecule has 0 aromatic rings. The first-order valence-electron chi connectivity index (χ1n) is 3.97. The van der Waals surface area contributed by atoms with Crippen LogP contribution in [-0.2, 0) is 9.53 Å². The zero-order chi connectivity index (χ0) is 8.69. The summed E-state index contributed by atoms with van der Waals surface area (Å²) >= 11 is 0. The predicted octanol–water partition coefficient (Wildman–Crippen LogP) is 0.447. The van der Waals surface area contributed by atoms with Gasteiger partial charge in [0.2, 0.25) is 0 Å². The van der Waals surface area contributed by atoms with Crippen molar-refractivity contribution in [2.45, 2.75) is 13.8 Å². The molecule has 0 fully saturated rings. The van der Waals surface area contributed by atoms with E-state index in [9.17, 15) is 4.79 Å². The first kappa shape index (κ1) is 10.6. The van der Waals surface area contributed by atoms with Gasteiger partial charge in [-0.05, 0) is 14.0 Å². The third-order valence-electron chi connectivity index (χ3n) is 1.51. The molecule has 3 nitrogen and oxygen atoms in total. The number of rotatable bonds is 6. The first-order valence-corrected chi connectivity index (χ1v) is 3.97. The van der Waals surface area contributed by atoms with E-state index in [-0.39, 0.29) is 18.3 Å². The van der Waals surface area contributed by atoms with Crippen molar-refractivity contribution in [1.82, 2.24) is 5.32 Å². The highest BCUT2D eigenvalue weighted by Crippen LogP contribution is 1.94. The average molecular weight is 159 g/mol. The molecule has 0 saturated heterocycles. The molecule has 0 spiro atoms. The van der Waals surface area contributed by atoms with Gasteiger partial charge < -0.3 is 10.1 Å². The van der Waals surface area contributed by atoms with Crippen LogP contribution in [0.5, 0.6) is 0 Å². The average Bonchev–Trinajstić information content (AvgIpc) is 2.00. The van der Waals surface area contributed by atoms with Crippen molar-refractivity contribution in [2.75, 3.05) is 26.8 Å². The molecule has 0 rings (SSSR count). The van der Waals surface area contributed by atoms with E-state index in [0.717, 1.165) is 6.54 Å². The molecule has 0 aliphatic rings. The molecule has 0 amide bonds. The zero-order valence-electron chi connectivity index (χ0n) is 7.52. The van der Waals surface area contributed by atoms with Crippen LogP contribution in [0.3, 0.4) is 0 Å². The molecule has 0 heterocycles. The van der Waals surface area contributed by atoms with E-state index in [1.165, 1.54) is 0 Å². The van der Waals surface area contributed by atoms with Gasteiger partial charge in [-0.25, -0.2) is 0 Å². The van der Waals surface area contributed by atoms with Crippen molar-refractivity contribution in [1.29, 1.82) is 0 Å². The fourth-order valence-electron chi connectivity index (χ4n) is 0.765. The number of carbonyl (C=O) groups is 1. The Bertz CT molecular complexity index is 115. The number of ether oxygens (including phenoxy) is 1. The minimum atomic E-state index is 0.0616. The normalized spacial score (nSPS) is 13.0. The summed E-state index contributed by atoms with van der Waals surface area (Å²) in [6, 6.07) is 0. The van der Waals surface area contributed by atoms with E-state index >= 15 is 0 Å². The van der Waals surface area contributed by atoms with Crippen LogP contribution < -0.4 is 5.32 Å². The second-order valence-electron chi connectivity index (χ2n) is 2.56. The Morgan fingerprint density at radius 3 is 2.73 bits per heavy atom. The molecule has 1 atom stereocenters. The summed E-state index contributed by atoms with van der Waals surface area (Å²) in [6.07, 6.45) is 0. The summed E-state index contributed by atoms with van der Waals surface area (Å²) in [6.45, 7) is 5.37. The van der Waals surface area contributed by atoms with E-state index in [0.29, 0.717) is 6.61 Å². The molecule has 0 saturated carbocycles. The van der Waals surface area contributed by atoms with Crippen LogP contribution in [-0.4, -0.2) is 32.6 Å². The lowest BCUT2D eigenvalue weighted by Gasteiger charge is -2.08. The van der Waals surface area contributed by atoms with Crippen LogP contribution >= 0.6 is 0 Å². The molecule has 3 heteroatoms. The molecule has 0 bridgehead atoms. The van der Waals surface area contributed by atoms with Gasteiger partial charge in [-0.2, -0.15) is 0 Å². The quantitative estimate of drug-likeness (QED) is 0.611. The van der Waals surface area contributed by atoms with Crippen molar-refractivity contribution in [3.8, 4) is 0 Å². The molecule has 1 N–H and O–H groups in total. The fourth-order valence-corrected chi connectivity index (χ4v) is 0.765. The van der Waals surface area contributed by atoms with E-state index in [2.05, 4.69) is 5.32 Å². The Hall–Kier alpha value is -0.410. The molecule has 66 valence electrons. The number of nitrogens with one attached hydrogen (secondary N) is 1. The van der Waals surface area contributed by atoms with Gasteiger partial charge in [-0.1, -0.05) is 6.92 Å². The van der Waals surface area contributed by atoms with Crippen molar-refractivity contribution >= 4 is 5.78 Å².